The number of anilines is 3. The van der Waals surface area contributed by atoms with E-state index in [0.29, 0.717) is 28.5 Å². The number of aromatic nitrogens is 2. The largest absolute Gasteiger partial charge is 0.489 e. The minimum Gasteiger partial charge on any atom is -0.489 e. The lowest BCUT2D eigenvalue weighted by Gasteiger charge is -2.20. The first-order chi connectivity index (χ1) is 18.5. The Kier molecular flexibility index (Phi) is 10.0. The minimum absolute atomic E-state index is 0.213. The Morgan fingerprint density at radius 1 is 1.23 bits per heavy atom. The third-order valence-corrected chi connectivity index (χ3v) is 6.78. The van der Waals surface area contributed by atoms with Gasteiger partial charge in [0.1, 0.15) is 34.9 Å². The number of nitrogens with two attached hydrogens (primary N) is 1. The summed E-state index contributed by atoms with van der Waals surface area (Å²) in [6, 6.07) is 3.45. The Morgan fingerprint density at radius 2 is 1.95 bits per heavy atom. The molecule has 2 amide bonds. The molecule has 12 heteroatoms. The number of nitrogens with one attached hydrogen (secondary N) is 3. The van der Waals surface area contributed by atoms with Gasteiger partial charge in [0, 0.05) is 42.5 Å². The average molecular weight is 556 g/mol. The molecule has 1 aliphatic carbocycles. The average Bonchev–Trinajstić information content (AvgIpc) is 3.26. The Labute approximate surface area is 232 Å². The van der Waals surface area contributed by atoms with Crippen LogP contribution in [0.4, 0.5) is 22.0 Å². The fourth-order valence-electron chi connectivity index (χ4n) is 3.90. The molecule has 5 N–H and O–H groups in total. The summed E-state index contributed by atoms with van der Waals surface area (Å²) in [7, 11) is 3.38. The summed E-state index contributed by atoms with van der Waals surface area (Å²) in [6.45, 7) is 5.90. The number of carbonyl (C=O) groups is 2. The van der Waals surface area contributed by atoms with Crippen LogP contribution in [0.1, 0.15) is 49.6 Å². The van der Waals surface area contributed by atoms with Gasteiger partial charge in [-0.25, -0.2) is 14.8 Å². The van der Waals surface area contributed by atoms with E-state index >= 15 is 0 Å². The molecule has 0 fully saturated rings. The van der Waals surface area contributed by atoms with Crippen LogP contribution >= 0.6 is 11.3 Å². The molecular formula is C27H37N7O4S. The first-order valence-corrected chi connectivity index (χ1v) is 13.5. The van der Waals surface area contributed by atoms with Crippen LogP contribution in [-0.2, 0) is 22.4 Å². The van der Waals surface area contributed by atoms with E-state index in [1.165, 1.54) is 28.0 Å². The summed E-state index contributed by atoms with van der Waals surface area (Å²) in [5.74, 6) is 1.21. The minimum atomic E-state index is -0.567. The van der Waals surface area contributed by atoms with E-state index in [9.17, 15) is 9.59 Å². The second-order valence-corrected chi connectivity index (χ2v) is 11.3. The summed E-state index contributed by atoms with van der Waals surface area (Å²) in [4.78, 5) is 34.1. The molecule has 0 saturated carbocycles. The highest BCUT2D eigenvalue weighted by molar-refractivity contribution is 7.19. The molecule has 0 bridgehead atoms. The van der Waals surface area contributed by atoms with Gasteiger partial charge in [-0.15, -0.1) is 11.3 Å². The standard InChI is InChI=1S/C24H30N6O3S.C3H7NO/c1-24(2,3)33-23(31)27-8-9-32-18-11-16(26)14(12-25)10-17(18)30-21-20-15-6-4-5-7-19(15)34-22(20)29-13-28-21;1-4(2)3-5/h10-13,25H,4-9,26H2,1-3H3,(H,27,31)(H,28,29,30);3H,1-2H3. The van der Waals surface area contributed by atoms with Crippen LogP contribution in [0.2, 0.25) is 0 Å². The maximum atomic E-state index is 11.9. The van der Waals surface area contributed by atoms with Crippen molar-refractivity contribution in [3.8, 4) is 5.75 Å². The number of rotatable bonds is 8. The highest BCUT2D eigenvalue weighted by Crippen LogP contribution is 2.40. The molecule has 39 heavy (non-hydrogen) atoms. The van der Waals surface area contributed by atoms with Gasteiger partial charge in [-0.05, 0) is 58.1 Å². The zero-order valence-corrected chi connectivity index (χ0v) is 23.9. The Morgan fingerprint density at radius 3 is 2.62 bits per heavy atom. The highest BCUT2D eigenvalue weighted by Gasteiger charge is 2.21. The van der Waals surface area contributed by atoms with Crippen LogP contribution in [0.3, 0.4) is 0 Å². The van der Waals surface area contributed by atoms with Crippen LogP contribution in [0, 0.1) is 5.41 Å². The molecular weight excluding hydrogens is 518 g/mol. The van der Waals surface area contributed by atoms with E-state index in [4.69, 9.17) is 20.6 Å². The monoisotopic (exact) mass is 555 g/mol. The molecule has 0 radical (unpaired) electrons. The van der Waals surface area contributed by atoms with Gasteiger partial charge in [0.05, 0.1) is 17.6 Å². The Bertz CT molecular complexity index is 1320. The van der Waals surface area contributed by atoms with Crippen molar-refractivity contribution in [3.05, 3.63) is 34.5 Å². The number of fused-ring (bicyclic) bond motifs is 3. The van der Waals surface area contributed by atoms with Crippen LogP contribution in [-0.4, -0.2) is 66.4 Å². The van der Waals surface area contributed by atoms with E-state index in [-0.39, 0.29) is 13.2 Å². The van der Waals surface area contributed by atoms with Crippen molar-refractivity contribution in [2.45, 2.75) is 52.1 Å². The van der Waals surface area contributed by atoms with E-state index < -0.39 is 11.7 Å². The lowest BCUT2D eigenvalue weighted by Crippen LogP contribution is -2.34. The van der Waals surface area contributed by atoms with Gasteiger partial charge >= 0.3 is 6.09 Å². The third-order valence-electron chi connectivity index (χ3n) is 5.58. The zero-order chi connectivity index (χ0) is 28.6. The molecule has 11 nitrogen and oxygen atoms in total. The number of nitrogens with zero attached hydrogens (tertiary/aromatic N) is 3. The lowest BCUT2D eigenvalue weighted by molar-refractivity contribution is -0.115. The first kappa shape index (κ1) is 29.6. The van der Waals surface area contributed by atoms with Gasteiger partial charge in [0.2, 0.25) is 6.41 Å². The quantitative estimate of drug-likeness (QED) is 0.137. The predicted molar refractivity (Wildman–Crippen MR) is 156 cm³/mol. The number of thiophene rings is 1. The van der Waals surface area contributed by atoms with E-state index in [1.807, 2.05) is 20.8 Å². The molecule has 0 unspecified atom stereocenters. The second kappa shape index (κ2) is 13.2. The summed E-state index contributed by atoms with van der Waals surface area (Å²) in [5.41, 5.74) is 8.50. The molecule has 0 atom stereocenters. The number of benzene rings is 1. The normalized spacial score (nSPS) is 12.4. The maximum absolute atomic E-state index is 11.9. The molecule has 1 aliphatic rings. The number of carbonyl (C=O) groups excluding carboxylic acids is 2. The van der Waals surface area contributed by atoms with Crippen molar-refractivity contribution in [2.75, 3.05) is 38.3 Å². The fraction of sp³-hybridized carbons (Fsp3) is 0.444. The number of nitrogen functional groups attached to an aromatic ring is 1. The summed E-state index contributed by atoms with van der Waals surface area (Å²) in [5, 5.41) is 14.8. The summed E-state index contributed by atoms with van der Waals surface area (Å²) in [6.07, 6.45) is 7.47. The first-order valence-electron chi connectivity index (χ1n) is 12.7. The fourth-order valence-corrected chi connectivity index (χ4v) is 5.12. The molecule has 0 spiro atoms. The topological polar surface area (TPSA) is 156 Å². The summed E-state index contributed by atoms with van der Waals surface area (Å²) >= 11 is 1.73. The molecule has 0 saturated heterocycles. The van der Waals surface area contributed by atoms with Gasteiger partial charge in [0.25, 0.3) is 0 Å². The summed E-state index contributed by atoms with van der Waals surface area (Å²) < 4.78 is 11.2. The second-order valence-electron chi connectivity index (χ2n) is 10.2. The van der Waals surface area contributed by atoms with Gasteiger partial charge in [0.15, 0.2) is 0 Å². The van der Waals surface area contributed by atoms with Crippen LogP contribution in [0.5, 0.6) is 5.75 Å². The number of amides is 2. The number of hydrogen-bond donors (Lipinski definition) is 4. The van der Waals surface area contributed by atoms with Crippen molar-refractivity contribution in [1.82, 2.24) is 20.2 Å². The van der Waals surface area contributed by atoms with Crippen molar-refractivity contribution in [1.29, 1.82) is 5.41 Å². The molecule has 1 aromatic carbocycles. The maximum Gasteiger partial charge on any atom is 0.407 e. The number of aryl methyl sites for hydroxylation is 2. The smallest absolute Gasteiger partial charge is 0.407 e. The number of alkyl carbamates (subject to hydrolysis) is 1. The van der Waals surface area contributed by atoms with Crippen LogP contribution in [0.15, 0.2) is 18.5 Å². The van der Waals surface area contributed by atoms with Gasteiger partial charge in [-0.2, -0.15) is 0 Å². The Hall–Kier alpha value is -3.93. The molecule has 2 heterocycles. The third kappa shape index (κ3) is 8.28. The van der Waals surface area contributed by atoms with E-state index in [2.05, 4.69) is 20.6 Å². The van der Waals surface area contributed by atoms with Crippen molar-refractivity contribution in [3.63, 3.8) is 0 Å². The van der Waals surface area contributed by atoms with Crippen LogP contribution < -0.4 is 21.1 Å². The molecule has 0 aliphatic heterocycles. The molecule has 3 aromatic rings. The van der Waals surface area contributed by atoms with Crippen LogP contribution in [0.25, 0.3) is 10.2 Å². The number of ether oxygens (including phenoxy) is 2. The van der Waals surface area contributed by atoms with E-state index in [0.717, 1.165) is 35.9 Å². The molecule has 2 aromatic heterocycles. The van der Waals surface area contributed by atoms with Gasteiger partial charge in [-0.1, -0.05) is 0 Å². The zero-order valence-electron chi connectivity index (χ0n) is 23.1. The van der Waals surface area contributed by atoms with Gasteiger partial charge in [-0.3, -0.25) is 4.79 Å². The predicted octanol–water partition coefficient (Wildman–Crippen LogP) is 4.50. The van der Waals surface area contributed by atoms with Gasteiger partial charge < -0.3 is 36.2 Å². The van der Waals surface area contributed by atoms with Crippen molar-refractivity contribution < 1.29 is 19.1 Å². The highest BCUT2D eigenvalue weighted by atomic mass is 32.1. The lowest BCUT2D eigenvalue weighted by atomic mass is 9.97. The molecule has 4 rings (SSSR count). The van der Waals surface area contributed by atoms with Crippen molar-refractivity contribution in [2.24, 2.45) is 0 Å². The number of hydrogen-bond acceptors (Lipinski definition) is 10. The SMILES string of the molecule is CC(C)(C)OC(=O)NCCOc1cc(N)c(C=N)cc1Nc1ncnc2sc3c(c12)CCCC3.CN(C)C=O. The van der Waals surface area contributed by atoms with Crippen molar-refractivity contribution >= 4 is 57.5 Å². The Balaban J connectivity index is 0.000000771. The van der Waals surface area contributed by atoms with E-state index in [1.54, 1.807) is 43.9 Å². The molecule has 210 valence electrons.